The number of hydrogen-bond acceptors (Lipinski definition) is 8. The molecule has 0 rings (SSSR count). The molecule has 0 bridgehead atoms. The van der Waals surface area contributed by atoms with E-state index < -0.39 is 32.5 Å². The quantitative estimate of drug-likeness (QED) is 0.0285. The number of phosphoric ester groups is 1. The predicted molar refractivity (Wildman–Crippen MR) is 192 cm³/mol. The molecule has 0 aliphatic heterocycles. The van der Waals surface area contributed by atoms with Crippen LogP contribution in [0.1, 0.15) is 181 Å². The molecule has 0 spiro atoms. The molecule has 0 saturated carbocycles. The van der Waals surface area contributed by atoms with Crippen LogP contribution in [0.2, 0.25) is 0 Å². The van der Waals surface area contributed by atoms with E-state index in [1.807, 2.05) is 0 Å². The molecule has 0 radical (unpaired) electrons. The highest BCUT2D eigenvalue weighted by atomic mass is 31.2. The topological polar surface area (TPSA) is 134 Å². The van der Waals surface area contributed by atoms with Crippen molar-refractivity contribution in [1.82, 2.24) is 0 Å². The van der Waals surface area contributed by atoms with Gasteiger partial charge in [-0.25, -0.2) is 4.57 Å². The van der Waals surface area contributed by atoms with Gasteiger partial charge >= 0.3 is 19.8 Å². The predicted octanol–water partition coefficient (Wildman–Crippen LogP) is 10.3. The third-order valence-corrected chi connectivity index (χ3v) is 9.14. The van der Waals surface area contributed by atoms with Crippen LogP contribution in [0.15, 0.2) is 12.2 Å². The number of esters is 2. The standard InChI is InChI=1S/C37H72NO8P/c1-3-5-7-9-11-13-15-16-17-18-20-21-23-25-27-29-36(39)43-33-35(34-45-47(41,42)44-32-31-38)46-37(40)30-28-26-24-22-19-14-12-10-8-6-4-2/h20-21,35H,3-19,22-34,38H2,1-2H3,(H,41,42)/b21-20+/t35-/m1/s1. The molecule has 47 heavy (non-hydrogen) atoms. The van der Waals surface area contributed by atoms with Crippen molar-refractivity contribution in [2.75, 3.05) is 26.4 Å². The van der Waals surface area contributed by atoms with E-state index in [1.54, 1.807) is 0 Å². The summed E-state index contributed by atoms with van der Waals surface area (Å²) in [6.45, 7) is 3.70. The van der Waals surface area contributed by atoms with Crippen LogP contribution in [0.25, 0.3) is 0 Å². The number of carbonyl (C=O) groups excluding carboxylic acids is 2. The average Bonchev–Trinajstić information content (AvgIpc) is 3.05. The van der Waals surface area contributed by atoms with E-state index in [2.05, 4.69) is 26.0 Å². The van der Waals surface area contributed by atoms with E-state index in [1.165, 1.54) is 109 Å². The fourth-order valence-electron chi connectivity index (χ4n) is 5.28. The molecule has 0 aromatic rings. The highest BCUT2D eigenvalue weighted by Crippen LogP contribution is 2.43. The lowest BCUT2D eigenvalue weighted by Crippen LogP contribution is -2.29. The molecule has 0 aliphatic carbocycles. The fraction of sp³-hybridized carbons (Fsp3) is 0.892. The van der Waals surface area contributed by atoms with Gasteiger partial charge in [0, 0.05) is 19.4 Å². The highest BCUT2D eigenvalue weighted by molar-refractivity contribution is 7.47. The first kappa shape index (κ1) is 45.8. The summed E-state index contributed by atoms with van der Waals surface area (Å²) in [4.78, 5) is 34.6. The Morgan fingerprint density at radius 1 is 0.617 bits per heavy atom. The first-order chi connectivity index (χ1) is 22.8. The lowest BCUT2D eigenvalue weighted by Gasteiger charge is -2.19. The molecule has 0 saturated heterocycles. The molecule has 2 atom stereocenters. The molecule has 0 fully saturated rings. The van der Waals surface area contributed by atoms with Gasteiger partial charge < -0.3 is 20.1 Å². The first-order valence-electron chi connectivity index (χ1n) is 19.2. The molecular formula is C37H72NO8P. The summed E-state index contributed by atoms with van der Waals surface area (Å²) in [5.41, 5.74) is 5.32. The maximum absolute atomic E-state index is 12.5. The van der Waals surface area contributed by atoms with E-state index >= 15 is 0 Å². The molecule has 1 unspecified atom stereocenters. The zero-order chi connectivity index (χ0) is 34.7. The number of ether oxygens (including phenoxy) is 2. The van der Waals surface area contributed by atoms with Crippen LogP contribution in [0.4, 0.5) is 0 Å². The average molecular weight is 690 g/mol. The summed E-state index contributed by atoms with van der Waals surface area (Å²) in [5.74, 6) is -0.850. The molecule has 3 N–H and O–H groups in total. The van der Waals surface area contributed by atoms with Crippen LogP contribution in [-0.2, 0) is 32.7 Å². The minimum absolute atomic E-state index is 0.0536. The van der Waals surface area contributed by atoms with Gasteiger partial charge in [-0.05, 0) is 38.5 Å². The number of hydrogen-bond donors (Lipinski definition) is 2. The van der Waals surface area contributed by atoms with Crippen LogP contribution in [0.3, 0.4) is 0 Å². The zero-order valence-electron chi connectivity index (χ0n) is 30.3. The highest BCUT2D eigenvalue weighted by Gasteiger charge is 2.25. The van der Waals surface area contributed by atoms with Gasteiger partial charge in [0.25, 0.3) is 0 Å². The Bertz CT molecular complexity index is 794. The lowest BCUT2D eigenvalue weighted by molar-refractivity contribution is -0.161. The Hall–Kier alpha value is -1.25. The smallest absolute Gasteiger partial charge is 0.462 e. The van der Waals surface area contributed by atoms with Gasteiger partial charge in [0.2, 0.25) is 0 Å². The molecule has 0 aromatic heterocycles. The number of nitrogens with two attached hydrogens (primary N) is 1. The van der Waals surface area contributed by atoms with Gasteiger partial charge in [-0.3, -0.25) is 18.6 Å². The Labute approximate surface area is 288 Å². The number of phosphoric acid groups is 1. The van der Waals surface area contributed by atoms with Crippen molar-refractivity contribution in [3.05, 3.63) is 12.2 Å². The van der Waals surface area contributed by atoms with E-state index in [0.29, 0.717) is 12.8 Å². The van der Waals surface area contributed by atoms with Crippen LogP contribution >= 0.6 is 7.82 Å². The molecule has 0 amide bonds. The van der Waals surface area contributed by atoms with E-state index in [9.17, 15) is 19.0 Å². The summed E-state index contributed by atoms with van der Waals surface area (Å²) in [6, 6.07) is 0. The molecule has 9 nitrogen and oxygen atoms in total. The zero-order valence-corrected chi connectivity index (χ0v) is 31.2. The number of rotatable bonds is 36. The summed E-state index contributed by atoms with van der Waals surface area (Å²) < 4.78 is 32.6. The summed E-state index contributed by atoms with van der Waals surface area (Å²) in [6.07, 6.45) is 32.4. The lowest BCUT2D eigenvalue weighted by atomic mass is 10.1. The molecule has 0 heterocycles. The monoisotopic (exact) mass is 689 g/mol. The molecular weight excluding hydrogens is 617 g/mol. The van der Waals surface area contributed by atoms with Gasteiger partial charge in [-0.2, -0.15) is 0 Å². The normalized spacial score (nSPS) is 13.5. The number of allylic oxidation sites excluding steroid dienone is 2. The van der Waals surface area contributed by atoms with Gasteiger partial charge in [0.05, 0.1) is 13.2 Å². The third-order valence-electron chi connectivity index (χ3n) is 8.15. The SMILES string of the molecule is CCCCCCCCCCC/C=C/CCCCC(=O)OC[C@H](COP(=O)(O)OCCN)OC(=O)CCCCCCCCCCCCC. The Morgan fingerprint density at radius 3 is 1.55 bits per heavy atom. The van der Waals surface area contributed by atoms with Crippen LogP contribution in [0, 0.1) is 0 Å². The van der Waals surface area contributed by atoms with Gasteiger partial charge in [-0.15, -0.1) is 0 Å². The largest absolute Gasteiger partial charge is 0.472 e. The van der Waals surface area contributed by atoms with Gasteiger partial charge in [-0.1, -0.05) is 142 Å². The third kappa shape index (κ3) is 34.4. The van der Waals surface area contributed by atoms with Gasteiger partial charge in [0.15, 0.2) is 6.10 Å². The van der Waals surface area contributed by atoms with Crippen molar-refractivity contribution in [1.29, 1.82) is 0 Å². The van der Waals surface area contributed by atoms with E-state index in [0.717, 1.165) is 32.1 Å². The van der Waals surface area contributed by atoms with E-state index in [-0.39, 0.29) is 32.6 Å². The first-order valence-corrected chi connectivity index (χ1v) is 20.7. The fourth-order valence-corrected chi connectivity index (χ4v) is 6.04. The van der Waals surface area contributed by atoms with Crippen LogP contribution in [-0.4, -0.2) is 49.3 Å². The van der Waals surface area contributed by atoms with Crippen molar-refractivity contribution >= 4 is 19.8 Å². The second-order valence-corrected chi connectivity index (χ2v) is 14.3. The Kier molecular flexibility index (Phi) is 33.7. The number of unbranched alkanes of at least 4 members (excludes halogenated alkanes) is 21. The minimum Gasteiger partial charge on any atom is -0.462 e. The minimum atomic E-state index is -4.37. The van der Waals surface area contributed by atoms with Crippen molar-refractivity contribution in [3.8, 4) is 0 Å². The van der Waals surface area contributed by atoms with E-state index in [4.69, 9.17) is 24.3 Å². The summed E-state index contributed by atoms with van der Waals surface area (Å²) in [7, 11) is -4.37. The van der Waals surface area contributed by atoms with Crippen LogP contribution < -0.4 is 5.73 Å². The maximum atomic E-state index is 12.5. The van der Waals surface area contributed by atoms with Crippen molar-refractivity contribution < 1.29 is 37.6 Å². The Balaban J connectivity index is 4.22. The van der Waals surface area contributed by atoms with Crippen molar-refractivity contribution in [3.63, 3.8) is 0 Å². The second kappa shape index (κ2) is 34.6. The number of carbonyl (C=O) groups is 2. The second-order valence-electron chi connectivity index (χ2n) is 12.8. The van der Waals surface area contributed by atoms with Gasteiger partial charge in [0.1, 0.15) is 6.61 Å². The van der Waals surface area contributed by atoms with Crippen molar-refractivity contribution in [2.24, 2.45) is 5.73 Å². The summed E-state index contributed by atoms with van der Waals surface area (Å²) in [5, 5.41) is 0. The molecule has 0 aliphatic rings. The molecule has 278 valence electrons. The molecule has 10 heteroatoms. The maximum Gasteiger partial charge on any atom is 0.472 e. The summed E-state index contributed by atoms with van der Waals surface area (Å²) >= 11 is 0. The van der Waals surface area contributed by atoms with Crippen molar-refractivity contribution in [2.45, 2.75) is 187 Å². The molecule has 0 aromatic carbocycles. The van der Waals surface area contributed by atoms with Crippen LogP contribution in [0.5, 0.6) is 0 Å². The Morgan fingerprint density at radius 2 is 1.04 bits per heavy atom.